The molecule has 216 valence electrons. The topological polar surface area (TPSA) is 128 Å². The summed E-state index contributed by atoms with van der Waals surface area (Å²) in [4.78, 5) is 35.0. The maximum atomic E-state index is 13.9. The van der Waals surface area contributed by atoms with E-state index in [1.165, 1.54) is 11.3 Å². The highest BCUT2D eigenvalue weighted by molar-refractivity contribution is 7.16. The summed E-state index contributed by atoms with van der Waals surface area (Å²) in [7, 11) is 0. The highest BCUT2D eigenvalue weighted by atomic mass is 32.1. The number of halogens is 1. The van der Waals surface area contributed by atoms with Gasteiger partial charge in [0.15, 0.2) is 5.84 Å². The molecule has 2 fully saturated rings. The summed E-state index contributed by atoms with van der Waals surface area (Å²) in [5, 5.41) is 4.08. The lowest BCUT2D eigenvalue weighted by molar-refractivity contribution is -0.123. The minimum atomic E-state index is -0.835. The highest BCUT2D eigenvalue weighted by Crippen LogP contribution is 2.46. The number of piperazine rings is 2. The Bertz CT molecular complexity index is 1270. The van der Waals surface area contributed by atoms with Gasteiger partial charge in [-0.05, 0) is 44.5 Å². The SMILES string of the molecule is C=NCc1c(N)sc2c1C(C)(C(=O)N=C(N)c1cc(N3CCNCC3)cc(N3CCN(CCF)CC3)n1)CCC2. The zero-order valence-corrected chi connectivity index (χ0v) is 24.1. The van der Waals surface area contributed by atoms with Crippen molar-refractivity contribution >= 4 is 46.3 Å². The van der Waals surface area contributed by atoms with Gasteiger partial charge >= 0.3 is 0 Å². The number of pyridine rings is 1. The molecule has 2 aromatic rings. The van der Waals surface area contributed by atoms with Crippen molar-refractivity contribution in [2.24, 2.45) is 15.7 Å². The number of rotatable bonds is 8. The van der Waals surface area contributed by atoms with E-state index < -0.39 is 5.41 Å². The average Bonchev–Trinajstić information content (AvgIpc) is 3.30. The van der Waals surface area contributed by atoms with Gasteiger partial charge in [-0.2, -0.15) is 4.99 Å². The van der Waals surface area contributed by atoms with Gasteiger partial charge in [0, 0.05) is 81.1 Å². The molecule has 0 bridgehead atoms. The van der Waals surface area contributed by atoms with E-state index >= 15 is 0 Å². The first-order valence-electron chi connectivity index (χ1n) is 14.1. The van der Waals surface area contributed by atoms with Crippen LogP contribution < -0.4 is 26.6 Å². The Balaban J connectivity index is 1.47. The number of amides is 1. The maximum absolute atomic E-state index is 13.9. The first-order valence-corrected chi connectivity index (χ1v) is 14.9. The fourth-order valence-corrected chi connectivity index (χ4v) is 7.33. The fraction of sp³-hybridized carbons (Fsp3) is 0.571. The summed E-state index contributed by atoms with van der Waals surface area (Å²) < 4.78 is 12.9. The summed E-state index contributed by atoms with van der Waals surface area (Å²) in [5.74, 6) is 0.622. The average molecular weight is 570 g/mol. The number of nitrogen functional groups attached to an aromatic ring is 1. The number of carbonyl (C=O) groups excluding carboxylic acids is 1. The van der Waals surface area contributed by atoms with Gasteiger partial charge < -0.3 is 26.6 Å². The van der Waals surface area contributed by atoms with Crippen LogP contribution in [0.3, 0.4) is 0 Å². The molecule has 3 aliphatic rings. The van der Waals surface area contributed by atoms with Crippen molar-refractivity contribution in [1.82, 2.24) is 15.2 Å². The molecule has 0 saturated carbocycles. The van der Waals surface area contributed by atoms with Crippen LogP contribution in [0.2, 0.25) is 0 Å². The number of carbonyl (C=O) groups is 1. The third-order valence-electron chi connectivity index (χ3n) is 8.35. The van der Waals surface area contributed by atoms with Crippen LogP contribution in [0, 0.1) is 0 Å². The van der Waals surface area contributed by atoms with Gasteiger partial charge in [0.25, 0.3) is 5.91 Å². The van der Waals surface area contributed by atoms with E-state index in [4.69, 9.17) is 16.5 Å². The summed E-state index contributed by atoms with van der Waals surface area (Å²) >= 11 is 1.54. The summed E-state index contributed by atoms with van der Waals surface area (Å²) in [5.41, 5.74) is 15.4. The number of aromatic nitrogens is 1. The number of nitrogens with zero attached hydrogens (tertiary/aromatic N) is 6. The number of aliphatic imine (C=N–C) groups is 2. The van der Waals surface area contributed by atoms with Gasteiger partial charge in [0.1, 0.15) is 18.2 Å². The lowest BCUT2D eigenvalue weighted by atomic mass is 9.72. The molecular weight excluding hydrogens is 529 g/mol. The molecule has 1 atom stereocenters. The van der Waals surface area contributed by atoms with Crippen LogP contribution in [0.15, 0.2) is 22.1 Å². The third kappa shape index (κ3) is 5.70. The molecule has 2 aliphatic heterocycles. The molecule has 0 radical (unpaired) electrons. The number of amidine groups is 1. The van der Waals surface area contributed by atoms with Crippen LogP contribution in [-0.2, 0) is 23.2 Å². The van der Waals surface area contributed by atoms with E-state index in [0.717, 1.165) is 92.7 Å². The van der Waals surface area contributed by atoms with Crippen LogP contribution in [0.5, 0.6) is 0 Å². The Hall–Kier alpha value is -3.09. The van der Waals surface area contributed by atoms with Crippen LogP contribution in [0.25, 0.3) is 0 Å². The van der Waals surface area contributed by atoms with Crippen molar-refractivity contribution in [2.45, 2.75) is 38.1 Å². The van der Waals surface area contributed by atoms with Gasteiger partial charge in [-0.25, -0.2) is 9.37 Å². The van der Waals surface area contributed by atoms with E-state index in [1.54, 1.807) is 0 Å². The number of alkyl halides is 1. The van der Waals surface area contributed by atoms with Crippen molar-refractivity contribution in [2.75, 3.05) is 81.1 Å². The third-order valence-corrected chi connectivity index (χ3v) is 9.47. The number of fused-ring (bicyclic) bond motifs is 1. The van der Waals surface area contributed by atoms with E-state index in [-0.39, 0.29) is 18.4 Å². The van der Waals surface area contributed by atoms with E-state index in [9.17, 15) is 9.18 Å². The van der Waals surface area contributed by atoms with E-state index in [2.05, 4.69) is 42.8 Å². The van der Waals surface area contributed by atoms with Crippen molar-refractivity contribution in [3.05, 3.63) is 33.8 Å². The number of anilines is 3. The van der Waals surface area contributed by atoms with Crippen molar-refractivity contribution in [3.8, 4) is 0 Å². The molecule has 1 amide bonds. The number of nitrogens with one attached hydrogen (secondary N) is 1. The Labute approximate surface area is 239 Å². The van der Waals surface area contributed by atoms with Crippen LogP contribution in [-0.4, -0.2) is 93.9 Å². The normalized spacial score (nSPS) is 22.3. The number of hydrogen-bond acceptors (Lipinski definition) is 9. The smallest absolute Gasteiger partial charge is 0.258 e. The molecule has 5 N–H and O–H groups in total. The second-order valence-corrected chi connectivity index (χ2v) is 12.1. The number of hydrogen-bond donors (Lipinski definition) is 3. The van der Waals surface area contributed by atoms with Gasteiger partial charge in [0.05, 0.1) is 17.0 Å². The molecule has 4 heterocycles. The highest BCUT2D eigenvalue weighted by Gasteiger charge is 2.42. The van der Waals surface area contributed by atoms with Gasteiger partial charge in [-0.1, -0.05) is 0 Å². The number of nitrogens with two attached hydrogens (primary N) is 2. The van der Waals surface area contributed by atoms with Crippen LogP contribution in [0.1, 0.15) is 41.5 Å². The predicted molar refractivity (Wildman–Crippen MR) is 162 cm³/mol. The molecule has 2 saturated heterocycles. The second kappa shape index (κ2) is 12.2. The molecule has 1 unspecified atom stereocenters. The Morgan fingerprint density at radius 1 is 1.20 bits per heavy atom. The molecule has 5 rings (SSSR count). The first kappa shape index (κ1) is 28.4. The minimum Gasteiger partial charge on any atom is -0.390 e. The molecule has 1 aliphatic carbocycles. The Morgan fingerprint density at radius 3 is 2.65 bits per heavy atom. The van der Waals surface area contributed by atoms with Crippen molar-refractivity contribution in [1.29, 1.82) is 0 Å². The monoisotopic (exact) mass is 569 g/mol. The summed E-state index contributed by atoms with van der Waals surface area (Å²) in [6, 6.07) is 4.02. The van der Waals surface area contributed by atoms with Crippen LogP contribution in [0.4, 0.5) is 20.9 Å². The van der Waals surface area contributed by atoms with Crippen LogP contribution >= 0.6 is 11.3 Å². The summed E-state index contributed by atoms with van der Waals surface area (Å²) in [6.07, 6.45) is 2.43. The number of thiophene rings is 1. The molecule has 0 spiro atoms. The Morgan fingerprint density at radius 2 is 1.95 bits per heavy atom. The number of aryl methyl sites for hydroxylation is 1. The van der Waals surface area contributed by atoms with Gasteiger partial charge in [-0.3, -0.25) is 14.7 Å². The van der Waals surface area contributed by atoms with E-state index in [0.29, 0.717) is 30.2 Å². The largest absolute Gasteiger partial charge is 0.390 e. The standard InChI is InChI=1S/C28H40FN9OS/c1-28(5-3-4-22-24(28)20(18-32-2)26(31)40-22)27(39)35-25(30)21-16-19(37-10-7-33-8-11-37)17-23(34-21)38-14-12-36(9-6-29)13-15-38/h16-17,33H,2-15,18,31H2,1H3,(H2,30,35,39). The molecule has 0 aromatic carbocycles. The predicted octanol–water partition coefficient (Wildman–Crippen LogP) is 1.95. The van der Waals surface area contributed by atoms with Gasteiger partial charge in [0.2, 0.25) is 0 Å². The minimum absolute atomic E-state index is 0.110. The molecular formula is C28H40FN9OS. The van der Waals surface area contributed by atoms with Crippen molar-refractivity contribution in [3.63, 3.8) is 0 Å². The molecule has 2 aromatic heterocycles. The maximum Gasteiger partial charge on any atom is 0.258 e. The van der Waals surface area contributed by atoms with Crippen molar-refractivity contribution < 1.29 is 9.18 Å². The lowest BCUT2D eigenvalue weighted by Gasteiger charge is -2.36. The fourth-order valence-electron chi connectivity index (χ4n) is 6.07. The summed E-state index contributed by atoms with van der Waals surface area (Å²) in [6.45, 7) is 12.6. The van der Waals surface area contributed by atoms with E-state index in [1.807, 2.05) is 13.0 Å². The zero-order valence-electron chi connectivity index (χ0n) is 23.3. The molecule has 12 heteroatoms. The first-order chi connectivity index (χ1) is 19.3. The second-order valence-electron chi connectivity index (χ2n) is 10.9. The lowest BCUT2D eigenvalue weighted by Crippen LogP contribution is -2.47. The molecule has 10 nitrogen and oxygen atoms in total. The quantitative estimate of drug-likeness (QED) is 0.325. The van der Waals surface area contributed by atoms with Gasteiger partial charge in [-0.15, -0.1) is 11.3 Å². The zero-order chi connectivity index (χ0) is 28.3. The Kier molecular flexibility index (Phi) is 8.67. The molecule has 40 heavy (non-hydrogen) atoms.